The number of alkyl carbamates (subject to hydrolysis) is 1. The molecule has 12 heteroatoms. The van der Waals surface area contributed by atoms with Crippen LogP contribution in [0.2, 0.25) is 0 Å². The van der Waals surface area contributed by atoms with E-state index in [0.717, 1.165) is 18.4 Å². The number of para-hydroxylation sites is 2. The van der Waals surface area contributed by atoms with Crippen LogP contribution in [0.3, 0.4) is 0 Å². The van der Waals surface area contributed by atoms with E-state index in [0.29, 0.717) is 35.9 Å². The van der Waals surface area contributed by atoms with Crippen molar-refractivity contribution in [3.8, 4) is 11.8 Å². The van der Waals surface area contributed by atoms with Crippen LogP contribution >= 0.6 is 0 Å². The summed E-state index contributed by atoms with van der Waals surface area (Å²) >= 11 is 0. The van der Waals surface area contributed by atoms with Crippen molar-refractivity contribution in [1.29, 1.82) is 0 Å². The third-order valence-electron chi connectivity index (χ3n) is 7.20. The van der Waals surface area contributed by atoms with Crippen LogP contribution in [0.25, 0.3) is 22.2 Å². The van der Waals surface area contributed by atoms with Gasteiger partial charge in [-0.15, -0.1) is 5.92 Å². The molecule has 0 radical (unpaired) electrons. The van der Waals surface area contributed by atoms with Crippen molar-refractivity contribution in [2.45, 2.75) is 72.2 Å². The maximum absolute atomic E-state index is 14.0. The summed E-state index contributed by atoms with van der Waals surface area (Å²) < 4.78 is 9.78. The number of aromatic nitrogens is 6. The second kappa shape index (κ2) is 11.3. The lowest BCUT2D eigenvalue weighted by molar-refractivity contribution is 0.0499. The molecule has 1 aliphatic heterocycles. The number of ether oxygens (including phenoxy) is 1. The Bertz CT molecular complexity index is 1850. The highest BCUT2D eigenvalue weighted by molar-refractivity contribution is 5.76. The van der Waals surface area contributed by atoms with Gasteiger partial charge < -0.3 is 15.0 Å². The number of hydrogen-bond acceptors (Lipinski definition) is 8. The Hall–Kier alpha value is -4.66. The Labute approximate surface area is 243 Å². The van der Waals surface area contributed by atoms with E-state index >= 15 is 0 Å². The second-order valence-electron chi connectivity index (χ2n) is 11.5. The first-order valence-electron chi connectivity index (χ1n) is 14.0. The zero-order valence-electron chi connectivity index (χ0n) is 24.9. The molecule has 1 N–H and O–H groups in total. The fourth-order valence-electron chi connectivity index (χ4n) is 5.22. The van der Waals surface area contributed by atoms with Crippen LogP contribution in [0.4, 0.5) is 10.7 Å². The molecule has 1 fully saturated rings. The van der Waals surface area contributed by atoms with Crippen LogP contribution in [0.15, 0.2) is 33.9 Å². The van der Waals surface area contributed by atoms with E-state index in [4.69, 9.17) is 14.7 Å². The average molecular weight is 573 g/mol. The summed E-state index contributed by atoms with van der Waals surface area (Å²) in [5, 5.41) is 2.96. The molecule has 0 spiro atoms. The van der Waals surface area contributed by atoms with Crippen molar-refractivity contribution >= 4 is 34.2 Å². The molecule has 1 unspecified atom stereocenters. The fourth-order valence-corrected chi connectivity index (χ4v) is 5.22. The van der Waals surface area contributed by atoms with Crippen LogP contribution < -0.4 is 21.5 Å². The predicted molar refractivity (Wildman–Crippen MR) is 161 cm³/mol. The molecule has 42 heavy (non-hydrogen) atoms. The monoisotopic (exact) mass is 572 g/mol. The first kappa shape index (κ1) is 28.9. The molecular weight excluding hydrogens is 536 g/mol. The SMILES string of the molecule is CC#CCn1c(N2CCCC(NC(=O)OC(C)(C)C)C2)nc2c1c(=O)n(Cc1nc3ccccc3nc1C)c(=O)n2C. The van der Waals surface area contributed by atoms with Gasteiger partial charge in [-0.3, -0.25) is 18.5 Å². The molecule has 4 heterocycles. The third kappa shape index (κ3) is 5.72. The topological polar surface area (TPSA) is 129 Å². The molecule has 0 aliphatic carbocycles. The highest BCUT2D eigenvalue weighted by Crippen LogP contribution is 2.24. The number of aryl methyl sites for hydroxylation is 2. The van der Waals surface area contributed by atoms with Gasteiger partial charge >= 0.3 is 11.8 Å². The van der Waals surface area contributed by atoms with Crippen molar-refractivity contribution in [1.82, 2.24) is 34.0 Å². The van der Waals surface area contributed by atoms with E-state index in [1.807, 2.05) is 56.9 Å². The molecule has 1 amide bonds. The van der Waals surface area contributed by atoms with E-state index < -0.39 is 22.9 Å². The number of rotatable bonds is 5. The number of nitrogens with zero attached hydrogens (tertiary/aromatic N) is 7. The van der Waals surface area contributed by atoms with E-state index in [1.54, 1.807) is 18.5 Å². The van der Waals surface area contributed by atoms with E-state index in [1.165, 1.54) is 9.13 Å². The summed E-state index contributed by atoms with van der Waals surface area (Å²) in [5.74, 6) is 6.47. The molecule has 1 atom stereocenters. The number of amides is 1. The maximum atomic E-state index is 14.0. The van der Waals surface area contributed by atoms with Gasteiger partial charge in [-0.25, -0.2) is 19.6 Å². The molecule has 0 bridgehead atoms. The zero-order chi connectivity index (χ0) is 30.2. The van der Waals surface area contributed by atoms with Crippen molar-refractivity contribution in [2.24, 2.45) is 7.05 Å². The molecule has 1 saturated heterocycles. The quantitative estimate of drug-likeness (QED) is 0.362. The van der Waals surface area contributed by atoms with Gasteiger partial charge in [0.25, 0.3) is 5.56 Å². The van der Waals surface area contributed by atoms with Crippen LogP contribution in [-0.4, -0.2) is 59.5 Å². The summed E-state index contributed by atoms with van der Waals surface area (Å²) in [4.78, 5) is 56.1. The summed E-state index contributed by atoms with van der Waals surface area (Å²) in [5.41, 5.74) is 1.60. The lowest BCUT2D eigenvalue weighted by atomic mass is 10.1. The van der Waals surface area contributed by atoms with Crippen LogP contribution in [0.1, 0.15) is 51.9 Å². The van der Waals surface area contributed by atoms with Crippen molar-refractivity contribution in [2.75, 3.05) is 18.0 Å². The number of anilines is 1. The standard InChI is InChI=1S/C30H36N8O4/c1-7-8-16-37-24-25(34-27(37)36-15-11-12-20(17-36)32-28(40)42-30(3,4)5)35(6)29(41)38(26(24)39)18-23-19(2)31-21-13-9-10-14-22(21)33-23/h9-10,13-14,20H,11-12,15-18H2,1-6H3,(H,32,40). The van der Waals surface area contributed by atoms with Gasteiger partial charge in [0.2, 0.25) is 5.95 Å². The highest BCUT2D eigenvalue weighted by Gasteiger charge is 2.29. The lowest BCUT2D eigenvalue weighted by Gasteiger charge is -2.34. The van der Waals surface area contributed by atoms with Crippen molar-refractivity contribution in [3.63, 3.8) is 0 Å². The smallest absolute Gasteiger partial charge is 0.407 e. The summed E-state index contributed by atoms with van der Waals surface area (Å²) in [6.45, 7) is 10.3. The molecule has 220 valence electrons. The number of carbonyl (C=O) groups is 1. The first-order chi connectivity index (χ1) is 20.0. The normalized spacial score (nSPS) is 15.5. The molecular formula is C30H36N8O4. The molecule has 0 saturated carbocycles. The number of imidazole rings is 1. The largest absolute Gasteiger partial charge is 0.444 e. The first-order valence-corrected chi connectivity index (χ1v) is 14.0. The fraction of sp³-hybridized carbons (Fsp3) is 0.467. The summed E-state index contributed by atoms with van der Waals surface area (Å²) in [7, 11) is 1.61. The minimum Gasteiger partial charge on any atom is -0.444 e. The van der Waals surface area contributed by atoms with Crippen LogP contribution in [0.5, 0.6) is 0 Å². The van der Waals surface area contributed by atoms with E-state index in [-0.39, 0.29) is 30.3 Å². The van der Waals surface area contributed by atoms with Gasteiger partial charge in [0.1, 0.15) is 5.60 Å². The Balaban J connectivity index is 1.56. The zero-order valence-corrected chi connectivity index (χ0v) is 24.9. The molecule has 1 aromatic carbocycles. The second-order valence-corrected chi connectivity index (χ2v) is 11.5. The van der Waals surface area contributed by atoms with E-state index in [9.17, 15) is 14.4 Å². The summed E-state index contributed by atoms with van der Waals surface area (Å²) in [6.07, 6.45) is 1.10. The predicted octanol–water partition coefficient (Wildman–Crippen LogP) is 2.71. The van der Waals surface area contributed by atoms with Crippen molar-refractivity contribution < 1.29 is 9.53 Å². The average Bonchev–Trinajstić information content (AvgIpc) is 3.32. The van der Waals surface area contributed by atoms with Gasteiger partial charge in [0.15, 0.2) is 11.2 Å². The van der Waals surface area contributed by atoms with Gasteiger partial charge in [-0.05, 0) is 59.6 Å². The minimum absolute atomic E-state index is 0.0311. The molecule has 3 aromatic heterocycles. The van der Waals surface area contributed by atoms with Crippen LogP contribution in [-0.2, 0) is 24.9 Å². The Morgan fingerprint density at radius 2 is 1.83 bits per heavy atom. The Kier molecular flexibility index (Phi) is 7.77. The van der Waals surface area contributed by atoms with Gasteiger partial charge in [0, 0.05) is 26.2 Å². The van der Waals surface area contributed by atoms with Gasteiger partial charge in [-0.1, -0.05) is 18.1 Å². The number of nitrogens with one attached hydrogen (secondary N) is 1. The van der Waals surface area contributed by atoms with Crippen LogP contribution in [0, 0.1) is 18.8 Å². The Morgan fingerprint density at radius 1 is 1.12 bits per heavy atom. The van der Waals surface area contributed by atoms with E-state index in [2.05, 4.69) is 22.1 Å². The number of hydrogen-bond donors (Lipinski definition) is 1. The van der Waals surface area contributed by atoms with Gasteiger partial charge in [0.05, 0.1) is 35.5 Å². The third-order valence-corrected chi connectivity index (χ3v) is 7.20. The van der Waals surface area contributed by atoms with Crippen molar-refractivity contribution in [3.05, 3.63) is 56.5 Å². The molecule has 1 aliphatic rings. The number of piperidine rings is 1. The number of benzene rings is 1. The molecule has 4 aromatic rings. The number of fused-ring (bicyclic) bond motifs is 2. The maximum Gasteiger partial charge on any atom is 0.407 e. The van der Waals surface area contributed by atoms with Gasteiger partial charge in [-0.2, -0.15) is 4.98 Å². The molecule has 12 nitrogen and oxygen atoms in total. The number of carbonyl (C=O) groups excluding carboxylic acids is 1. The lowest BCUT2D eigenvalue weighted by Crippen LogP contribution is -2.49. The molecule has 5 rings (SSSR count). The minimum atomic E-state index is -0.604. The highest BCUT2D eigenvalue weighted by atomic mass is 16.6. The summed E-state index contributed by atoms with van der Waals surface area (Å²) in [6, 6.07) is 7.31. The Morgan fingerprint density at radius 3 is 2.52 bits per heavy atom.